The number of aliphatic carboxylic acids is 1. The number of hydrogen-bond acceptors (Lipinski definition) is 5. The van der Waals surface area contributed by atoms with Gasteiger partial charge in [0.05, 0.1) is 4.91 Å². The Hall–Kier alpha value is -2.19. The summed E-state index contributed by atoms with van der Waals surface area (Å²) in [6.45, 7) is 1.96. The third-order valence-corrected chi connectivity index (χ3v) is 5.39. The van der Waals surface area contributed by atoms with Crippen molar-refractivity contribution in [2.75, 3.05) is 7.05 Å². The van der Waals surface area contributed by atoms with Crippen LogP contribution in [0.3, 0.4) is 0 Å². The highest BCUT2D eigenvalue weighted by Crippen LogP contribution is 2.31. The highest BCUT2D eigenvalue weighted by molar-refractivity contribution is 8.26. The fraction of sp³-hybridized carbons (Fsp3) is 0.333. The van der Waals surface area contributed by atoms with E-state index in [4.69, 9.17) is 12.2 Å². The molecule has 1 atom stereocenters. The first-order valence-corrected chi connectivity index (χ1v) is 9.41. The molecule has 8 heteroatoms. The van der Waals surface area contributed by atoms with Gasteiger partial charge in [-0.1, -0.05) is 55.9 Å². The molecule has 1 aliphatic rings. The zero-order chi connectivity index (χ0) is 19.3. The summed E-state index contributed by atoms with van der Waals surface area (Å²) in [6.07, 6.45) is 3.70. The molecule has 0 aromatic heterocycles. The molecule has 1 aliphatic heterocycles. The molecule has 0 radical (unpaired) electrons. The second kappa shape index (κ2) is 8.95. The van der Waals surface area contributed by atoms with Gasteiger partial charge in [0.1, 0.15) is 10.4 Å². The number of unbranched alkanes of at least 4 members (excludes halogenated alkanes) is 1. The monoisotopic (exact) mass is 392 g/mol. The number of rotatable bonds is 7. The van der Waals surface area contributed by atoms with Gasteiger partial charge in [-0.3, -0.25) is 14.5 Å². The van der Waals surface area contributed by atoms with Crippen LogP contribution in [0.2, 0.25) is 0 Å². The topological polar surface area (TPSA) is 86.7 Å². The predicted octanol–water partition coefficient (Wildman–Crippen LogP) is 2.89. The molecule has 1 aromatic carbocycles. The van der Waals surface area contributed by atoms with Crippen molar-refractivity contribution < 1.29 is 19.5 Å². The summed E-state index contributed by atoms with van der Waals surface area (Å²) < 4.78 is 0.504. The summed E-state index contributed by atoms with van der Waals surface area (Å²) in [7, 11) is 1.63. The zero-order valence-electron chi connectivity index (χ0n) is 14.5. The highest BCUT2D eigenvalue weighted by Gasteiger charge is 2.28. The molecule has 2 rings (SSSR count). The first kappa shape index (κ1) is 20.1. The van der Waals surface area contributed by atoms with Crippen molar-refractivity contribution in [1.82, 2.24) is 10.2 Å². The average molecular weight is 393 g/mol. The van der Waals surface area contributed by atoms with Crippen LogP contribution in [-0.2, 0) is 9.59 Å². The number of amides is 2. The number of nitrogens with one attached hydrogen (secondary N) is 1. The quantitative estimate of drug-likeness (QED) is 0.548. The Bertz CT molecular complexity index is 759. The highest BCUT2D eigenvalue weighted by atomic mass is 32.2. The van der Waals surface area contributed by atoms with Crippen molar-refractivity contribution >= 4 is 52.2 Å². The van der Waals surface area contributed by atoms with E-state index < -0.39 is 17.9 Å². The van der Waals surface area contributed by atoms with Crippen molar-refractivity contribution in [3.05, 3.63) is 40.3 Å². The number of benzene rings is 1. The summed E-state index contributed by atoms with van der Waals surface area (Å²) >= 11 is 6.32. The van der Waals surface area contributed by atoms with Gasteiger partial charge in [-0.2, -0.15) is 0 Å². The van der Waals surface area contributed by atoms with Gasteiger partial charge in [0, 0.05) is 12.6 Å². The van der Waals surface area contributed by atoms with Crippen molar-refractivity contribution in [2.24, 2.45) is 0 Å². The maximum atomic E-state index is 12.2. The van der Waals surface area contributed by atoms with E-state index in [9.17, 15) is 19.5 Å². The maximum Gasteiger partial charge on any atom is 0.326 e. The van der Waals surface area contributed by atoms with E-state index in [-0.39, 0.29) is 5.91 Å². The SMILES string of the molecule is CCCC[C@H](NC(=O)c1ccc(/C=C2/SC(=S)N(C)C2=O)cc1)C(=O)O. The predicted molar refractivity (Wildman–Crippen MR) is 106 cm³/mol. The van der Waals surface area contributed by atoms with Crippen LogP contribution in [-0.4, -0.2) is 45.2 Å². The van der Waals surface area contributed by atoms with E-state index in [1.54, 1.807) is 37.4 Å². The van der Waals surface area contributed by atoms with E-state index in [1.807, 2.05) is 6.92 Å². The van der Waals surface area contributed by atoms with E-state index in [2.05, 4.69) is 5.32 Å². The third-order valence-electron chi connectivity index (χ3n) is 3.91. The molecule has 0 bridgehead atoms. The molecular formula is C18H20N2O4S2. The van der Waals surface area contributed by atoms with Crippen LogP contribution >= 0.6 is 24.0 Å². The fourth-order valence-electron chi connectivity index (χ4n) is 2.33. The van der Waals surface area contributed by atoms with Crippen molar-refractivity contribution in [1.29, 1.82) is 0 Å². The molecule has 0 aliphatic carbocycles. The Morgan fingerprint density at radius 3 is 2.50 bits per heavy atom. The number of nitrogens with zero attached hydrogens (tertiary/aromatic N) is 1. The summed E-state index contributed by atoms with van der Waals surface area (Å²) in [5.41, 5.74) is 1.13. The van der Waals surface area contributed by atoms with Crippen molar-refractivity contribution in [3.63, 3.8) is 0 Å². The number of likely N-dealkylation sites (N-methyl/N-ethyl adjacent to an activating group) is 1. The smallest absolute Gasteiger partial charge is 0.326 e. The Morgan fingerprint density at radius 2 is 2.00 bits per heavy atom. The summed E-state index contributed by atoms with van der Waals surface area (Å²) in [5, 5.41) is 11.7. The van der Waals surface area contributed by atoms with E-state index in [0.717, 1.165) is 18.4 Å². The first-order valence-electron chi connectivity index (χ1n) is 8.18. The van der Waals surface area contributed by atoms with Crippen LogP contribution in [0, 0.1) is 0 Å². The van der Waals surface area contributed by atoms with Crippen molar-refractivity contribution in [3.8, 4) is 0 Å². The number of thiocarbonyl (C=S) groups is 1. The van der Waals surface area contributed by atoms with E-state index >= 15 is 0 Å². The van der Waals surface area contributed by atoms with Gasteiger partial charge in [0.15, 0.2) is 0 Å². The molecule has 2 amide bonds. The van der Waals surface area contributed by atoms with E-state index in [0.29, 0.717) is 21.2 Å². The normalized spacial score (nSPS) is 16.8. The second-order valence-electron chi connectivity index (χ2n) is 5.87. The molecule has 0 saturated carbocycles. The van der Waals surface area contributed by atoms with Crippen LogP contribution in [0.15, 0.2) is 29.2 Å². The van der Waals surface area contributed by atoms with Crippen LogP contribution < -0.4 is 5.32 Å². The van der Waals surface area contributed by atoms with Gasteiger partial charge in [-0.05, 0) is 30.2 Å². The van der Waals surface area contributed by atoms with Crippen LogP contribution in [0.1, 0.15) is 42.1 Å². The number of carboxylic acids is 1. The molecule has 26 heavy (non-hydrogen) atoms. The number of carbonyl (C=O) groups is 3. The minimum atomic E-state index is -1.04. The average Bonchev–Trinajstić information content (AvgIpc) is 2.85. The Labute approximate surface area is 161 Å². The lowest BCUT2D eigenvalue weighted by Gasteiger charge is -2.14. The molecule has 2 N–H and O–H groups in total. The van der Waals surface area contributed by atoms with Crippen LogP contribution in [0.4, 0.5) is 0 Å². The van der Waals surface area contributed by atoms with Gasteiger partial charge in [-0.25, -0.2) is 4.79 Å². The lowest BCUT2D eigenvalue weighted by Crippen LogP contribution is -2.40. The summed E-state index contributed by atoms with van der Waals surface area (Å²) in [5.74, 6) is -1.62. The van der Waals surface area contributed by atoms with Gasteiger partial charge < -0.3 is 10.4 Å². The first-order chi connectivity index (χ1) is 12.3. The molecule has 0 spiro atoms. The van der Waals surface area contributed by atoms with Gasteiger partial charge in [-0.15, -0.1) is 0 Å². The standard InChI is InChI=1S/C18H20N2O4S2/c1-3-4-5-13(17(23)24)19-15(21)12-8-6-11(7-9-12)10-14-16(22)20(2)18(25)26-14/h6-10,13H,3-5H2,1-2H3,(H,19,21)(H,23,24)/b14-10+/t13-/m0/s1. The molecular weight excluding hydrogens is 372 g/mol. The molecule has 6 nitrogen and oxygen atoms in total. The number of hydrogen-bond donors (Lipinski definition) is 2. The van der Waals surface area contributed by atoms with Gasteiger partial charge in [0.2, 0.25) is 0 Å². The minimum absolute atomic E-state index is 0.151. The molecule has 1 saturated heterocycles. The number of thioether (sulfide) groups is 1. The molecule has 1 heterocycles. The Kier molecular flexibility index (Phi) is 6.93. The Balaban J connectivity index is 2.07. The van der Waals surface area contributed by atoms with Crippen LogP contribution in [0.5, 0.6) is 0 Å². The van der Waals surface area contributed by atoms with E-state index in [1.165, 1.54) is 16.7 Å². The zero-order valence-corrected chi connectivity index (χ0v) is 16.2. The van der Waals surface area contributed by atoms with Gasteiger partial charge in [0.25, 0.3) is 11.8 Å². The number of carboxylic acid groups (broad SMARTS) is 1. The van der Waals surface area contributed by atoms with Gasteiger partial charge >= 0.3 is 5.97 Å². The summed E-state index contributed by atoms with van der Waals surface area (Å²) in [4.78, 5) is 37.4. The van der Waals surface area contributed by atoms with Crippen molar-refractivity contribution in [2.45, 2.75) is 32.2 Å². The minimum Gasteiger partial charge on any atom is -0.480 e. The molecule has 1 fully saturated rings. The molecule has 138 valence electrons. The lowest BCUT2D eigenvalue weighted by atomic mass is 10.1. The molecule has 0 unspecified atom stereocenters. The maximum absolute atomic E-state index is 12.2. The Morgan fingerprint density at radius 1 is 1.35 bits per heavy atom. The lowest BCUT2D eigenvalue weighted by molar-refractivity contribution is -0.139. The largest absolute Gasteiger partial charge is 0.480 e. The second-order valence-corrected chi connectivity index (χ2v) is 7.55. The number of carbonyl (C=O) groups excluding carboxylic acids is 2. The fourth-order valence-corrected chi connectivity index (χ4v) is 3.51. The summed E-state index contributed by atoms with van der Waals surface area (Å²) in [6, 6.07) is 5.73. The third kappa shape index (κ3) is 4.92. The van der Waals surface area contributed by atoms with Crippen LogP contribution in [0.25, 0.3) is 6.08 Å². The molecule has 1 aromatic rings.